The Labute approximate surface area is 83.4 Å². The van der Waals surface area contributed by atoms with Crippen LogP contribution >= 0.6 is 11.3 Å². The molecule has 0 bridgehead atoms. The van der Waals surface area contributed by atoms with E-state index < -0.39 is 0 Å². The van der Waals surface area contributed by atoms with Crippen molar-refractivity contribution in [2.45, 2.75) is 38.2 Å². The SMILES string of the molecule is OC1CCC(Cc2ccsc2)CC1. The Morgan fingerprint density at radius 3 is 2.69 bits per heavy atom. The Hall–Kier alpha value is -0.340. The van der Waals surface area contributed by atoms with Crippen molar-refractivity contribution in [1.82, 2.24) is 0 Å². The monoisotopic (exact) mass is 196 g/mol. The number of aliphatic hydroxyl groups is 1. The highest BCUT2D eigenvalue weighted by molar-refractivity contribution is 7.07. The lowest BCUT2D eigenvalue weighted by molar-refractivity contribution is 0.109. The summed E-state index contributed by atoms with van der Waals surface area (Å²) in [6.07, 6.45) is 5.63. The first-order valence-corrected chi connectivity index (χ1v) is 5.98. The smallest absolute Gasteiger partial charge is 0.0540 e. The van der Waals surface area contributed by atoms with Crippen LogP contribution in [0.25, 0.3) is 0 Å². The fourth-order valence-corrected chi connectivity index (χ4v) is 2.77. The van der Waals surface area contributed by atoms with Gasteiger partial charge in [-0.3, -0.25) is 0 Å². The largest absolute Gasteiger partial charge is 0.393 e. The molecule has 0 unspecified atom stereocenters. The molecule has 1 aliphatic rings. The Balaban J connectivity index is 1.83. The summed E-state index contributed by atoms with van der Waals surface area (Å²) < 4.78 is 0. The van der Waals surface area contributed by atoms with Gasteiger partial charge in [-0.2, -0.15) is 11.3 Å². The molecule has 1 fully saturated rings. The molecule has 0 saturated heterocycles. The number of thiophene rings is 1. The number of hydrogen-bond donors (Lipinski definition) is 1. The van der Waals surface area contributed by atoms with E-state index in [0.717, 1.165) is 18.8 Å². The Morgan fingerprint density at radius 1 is 1.31 bits per heavy atom. The molecule has 13 heavy (non-hydrogen) atoms. The summed E-state index contributed by atoms with van der Waals surface area (Å²) in [6, 6.07) is 2.22. The Morgan fingerprint density at radius 2 is 2.08 bits per heavy atom. The minimum Gasteiger partial charge on any atom is -0.393 e. The summed E-state index contributed by atoms with van der Waals surface area (Å²) >= 11 is 1.78. The molecule has 1 heterocycles. The maximum atomic E-state index is 9.36. The topological polar surface area (TPSA) is 20.2 Å². The molecular weight excluding hydrogens is 180 g/mol. The van der Waals surface area contributed by atoms with E-state index in [0.29, 0.717) is 0 Å². The third kappa shape index (κ3) is 2.55. The van der Waals surface area contributed by atoms with Gasteiger partial charge in [-0.15, -0.1) is 0 Å². The second kappa shape index (κ2) is 4.25. The molecule has 0 amide bonds. The van der Waals surface area contributed by atoms with Crippen LogP contribution in [0, 0.1) is 5.92 Å². The molecule has 1 aromatic heterocycles. The third-order valence-corrected chi connectivity index (χ3v) is 3.65. The van der Waals surface area contributed by atoms with Crippen molar-refractivity contribution in [3.05, 3.63) is 22.4 Å². The zero-order valence-electron chi connectivity index (χ0n) is 7.78. The third-order valence-electron chi connectivity index (χ3n) is 2.92. The standard InChI is InChI=1S/C11H16OS/c12-11-3-1-9(2-4-11)7-10-5-6-13-8-10/h5-6,8-9,11-12H,1-4,7H2. The lowest BCUT2D eigenvalue weighted by Crippen LogP contribution is -2.19. The Kier molecular flexibility index (Phi) is 3.01. The van der Waals surface area contributed by atoms with Crippen LogP contribution in [0.4, 0.5) is 0 Å². The van der Waals surface area contributed by atoms with Crippen LogP contribution < -0.4 is 0 Å². The highest BCUT2D eigenvalue weighted by atomic mass is 32.1. The van der Waals surface area contributed by atoms with Gasteiger partial charge in [0.15, 0.2) is 0 Å². The van der Waals surface area contributed by atoms with Gasteiger partial charge in [0.05, 0.1) is 6.10 Å². The van der Waals surface area contributed by atoms with E-state index in [9.17, 15) is 5.11 Å². The van der Waals surface area contributed by atoms with Crippen molar-refractivity contribution in [3.63, 3.8) is 0 Å². The molecule has 1 aliphatic carbocycles. The lowest BCUT2D eigenvalue weighted by atomic mass is 9.84. The van der Waals surface area contributed by atoms with E-state index in [1.165, 1.54) is 24.8 Å². The fourth-order valence-electron chi connectivity index (χ4n) is 2.09. The van der Waals surface area contributed by atoms with Gasteiger partial charge < -0.3 is 5.11 Å². The van der Waals surface area contributed by atoms with E-state index in [-0.39, 0.29) is 6.10 Å². The van der Waals surface area contributed by atoms with Gasteiger partial charge >= 0.3 is 0 Å². The van der Waals surface area contributed by atoms with Crippen LogP contribution in [0.3, 0.4) is 0 Å². The van der Waals surface area contributed by atoms with Crippen molar-refractivity contribution in [2.24, 2.45) is 5.92 Å². The molecule has 0 atom stereocenters. The van der Waals surface area contributed by atoms with Gasteiger partial charge in [0, 0.05) is 0 Å². The summed E-state index contributed by atoms with van der Waals surface area (Å²) in [7, 11) is 0. The molecule has 1 nitrogen and oxygen atoms in total. The van der Waals surface area contributed by atoms with Gasteiger partial charge in [0.1, 0.15) is 0 Å². The summed E-state index contributed by atoms with van der Waals surface area (Å²) in [5.74, 6) is 0.818. The first-order chi connectivity index (χ1) is 6.34. The first-order valence-electron chi connectivity index (χ1n) is 5.04. The second-order valence-corrected chi connectivity index (χ2v) is 4.79. The average molecular weight is 196 g/mol. The zero-order valence-corrected chi connectivity index (χ0v) is 8.59. The molecule has 0 spiro atoms. The molecule has 0 radical (unpaired) electrons. The van der Waals surface area contributed by atoms with Gasteiger partial charge in [-0.05, 0) is 60.4 Å². The van der Waals surface area contributed by atoms with E-state index in [1.54, 1.807) is 11.3 Å². The molecule has 72 valence electrons. The van der Waals surface area contributed by atoms with Crippen molar-refractivity contribution < 1.29 is 5.11 Å². The minimum atomic E-state index is -0.0151. The average Bonchev–Trinajstić information content (AvgIpc) is 2.62. The number of hydrogen-bond acceptors (Lipinski definition) is 2. The minimum absolute atomic E-state index is 0.0151. The molecule has 2 heteroatoms. The van der Waals surface area contributed by atoms with E-state index in [4.69, 9.17) is 0 Å². The maximum absolute atomic E-state index is 9.36. The molecule has 1 aromatic rings. The van der Waals surface area contributed by atoms with Gasteiger partial charge in [-0.1, -0.05) is 0 Å². The zero-order chi connectivity index (χ0) is 9.10. The predicted molar refractivity (Wildman–Crippen MR) is 56.0 cm³/mol. The van der Waals surface area contributed by atoms with Crippen molar-refractivity contribution in [3.8, 4) is 0 Å². The number of aliphatic hydroxyl groups excluding tert-OH is 1. The van der Waals surface area contributed by atoms with Crippen LogP contribution in [0.15, 0.2) is 16.8 Å². The van der Waals surface area contributed by atoms with Crippen LogP contribution in [-0.4, -0.2) is 11.2 Å². The van der Waals surface area contributed by atoms with Gasteiger partial charge in [0.25, 0.3) is 0 Å². The Bertz CT molecular complexity index is 235. The van der Waals surface area contributed by atoms with E-state index >= 15 is 0 Å². The lowest BCUT2D eigenvalue weighted by Gasteiger charge is -2.24. The highest BCUT2D eigenvalue weighted by Crippen LogP contribution is 2.27. The molecule has 1 saturated carbocycles. The van der Waals surface area contributed by atoms with Crippen molar-refractivity contribution in [1.29, 1.82) is 0 Å². The second-order valence-electron chi connectivity index (χ2n) is 4.01. The molecule has 2 rings (SSSR count). The molecule has 0 aromatic carbocycles. The summed E-state index contributed by atoms with van der Waals surface area (Å²) in [4.78, 5) is 0. The van der Waals surface area contributed by atoms with Crippen LogP contribution in [0.1, 0.15) is 31.2 Å². The molecule has 0 aliphatic heterocycles. The van der Waals surface area contributed by atoms with Gasteiger partial charge in [-0.25, -0.2) is 0 Å². The van der Waals surface area contributed by atoms with E-state index in [2.05, 4.69) is 16.8 Å². The summed E-state index contributed by atoms with van der Waals surface area (Å²) in [6.45, 7) is 0. The maximum Gasteiger partial charge on any atom is 0.0540 e. The molecular formula is C11H16OS. The van der Waals surface area contributed by atoms with Crippen molar-refractivity contribution >= 4 is 11.3 Å². The predicted octanol–water partition coefficient (Wildman–Crippen LogP) is 2.84. The summed E-state index contributed by atoms with van der Waals surface area (Å²) in [5, 5.41) is 13.7. The van der Waals surface area contributed by atoms with Gasteiger partial charge in [0.2, 0.25) is 0 Å². The van der Waals surface area contributed by atoms with Crippen molar-refractivity contribution in [2.75, 3.05) is 0 Å². The summed E-state index contributed by atoms with van der Waals surface area (Å²) in [5.41, 5.74) is 1.48. The van der Waals surface area contributed by atoms with Crippen LogP contribution in [0.5, 0.6) is 0 Å². The molecule has 1 N–H and O–H groups in total. The van der Waals surface area contributed by atoms with Crippen LogP contribution in [-0.2, 0) is 6.42 Å². The quantitative estimate of drug-likeness (QED) is 0.771. The first kappa shape index (κ1) is 9.22. The normalized spacial score (nSPS) is 29.0. The van der Waals surface area contributed by atoms with E-state index in [1.807, 2.05) is 0 Å². The van der Waals surface area contributed by atoms with Crippen LogP contribution in [0.2, 0.25) is 0 Å². The highest BCUT2D eigenvalue weighted by Gasteiger charge is 2.19. The fraction of sp³-hybridized carbons (Fsp3) is 0.636. The number of rotatable bonds is 2.